The van der Waals surface area contributed by atoms with E-state index in [1.165, 1.54) is 16.1 Å². The minimum Gasteiger partial charge on any atom is -0.336 e. The molecule has 0 spiro atoms. The van der Waals surface area contributed by atoms with Crippen LogP contribution in [0.3, 0.4) is 0 Å². The van der Waals surface area contributed by atoms with E-state index in [2.05, 4.69) is 29.2 Å². The van der Waals surface area contributed by atoms with Gasteiger partial charge in [0.05, 0.1) is 11.9 Å². The zero-order valence-corrected chi connectivity index (χ0v) is 17.6. The maximum absolute atomic E-state index is 13.0. The minimum absolute atomic E-state index is 0.0311. The van der Waals surface area contributed by atoms with Crippen molar-refractivity contribution in [1.82, 2.24) is 9.80 Å². The Morgan fingerprint density at radius 2 is 1.69 bits per heavy atom. The van der Waals surface area contributed by atoms with Crippen molar-refractivity contribution in [3.63, 3.8) is 0 Å². The highest BCUT2D eigenvalue weighted by atomic mass is 32.2. The molecule has 0 saturated carbocycles. The summed E-state index contributed by atoms with van der Waals surface area (Å²) in [5.74, 6) is 0.0311. The Morgan fingerprint density at radius 3 is 2.38 bits per heavy atom. The van der Waals surface area contributed by atoms with E-state index in [9.17, 15) is 13.2 Å². The number of aryl methyl sites for hydroxylation is 1. The molecule has 0 unspecified atom stereocenters. The predicted molar refractivity (Wildman–Crippen MR) is 115 cm³/mol. The number of hydrogen-bond donors (Lipinski definition) is 0. The molecule has 0 aliphatic carbocycles. The summed E-state index contributed by atoms with van der Waals surface area (Å²) in [5.41, 5.74) is 3.59. The van der Waals surface area contributed by atoms with Crippen LogP contribution >= 0.6 is 0 Å². The Hall–Kier alpha value is -2.38. The zero-order valence-electron chi connectivity index (χ0n) is 16.8. The summed E-state index contributed by atoms with van der Waals surface area (Å²) in [7, 11) is -3.29. The molecule has 7 heteroatoms. The van der Waals surface area contributed by atoms with Crippen LogP contribution in [-0.4, -0.2) is 63.1 Å². The summed E-state index contributed by atoms with van der Waals surface area (Å²) in [6.45, 7) is 4.53. The molecule has 2 heterocycles. The average molecular weight is 414 g/mol. The van der Waals surface area contributed by atoms with Gasteiger partial charge >= 0.3 is 0 Å². The Kier molecular flexibility index (Phi) is 5.61. The number of benzene rings is 2. The molecular weight excluding hydrogens is 386 g/mol. The van der Waals surface area contributed by atoms with Crippen LogP contribution in [-0.2, 0) is 23.0 Å². The van der Waals surface area contributed by atoms with E-state index in [0.717, 1.165) is 38.0 Å². The molecule has 154 valence electrons. The molecule has 0 radical (unpaired) electrons. The highest BCUT2D eigenvalue weighted by molar-refractivity contribution is 7.92. The number of amides is 1. The van der Waals surface area contributed by atoms with Gasteiger partial charge in [-0.2, -0.15) is 0 Å². The minimum atomic E-state index is -3.29. The summed E-state index contributed by atoms with van der Waals surface area (Å²) in [6.07, 6.45) is 2.80. The van der Waals surface area contributed by atoms with Gasteiger partial charge in [0.25, 0.3) is 5.91 Å². The van der Waals surface area contributed by atoms with Gasteiger partial charge in [-0.15, -0.1) is 0 Å². The van der Waals surface area contributed by atoms with Crippen LogP contribution in [0.5, 0.6) is 0 Å². The predicted octanol–water partition coefficient (Wildman–Crippen LogP) is 2.36. The fraction of sp³-hybridized carbons (Fsp3) is 0.409. The van der Waals surface area contributed by atoms with Gasteiger partial charge in [-0.25, -0.2) is 8.42 Å². The van der Waals surface area contributed by atoms with Gasteiger partial charge in [-0.3, -0.25) is 14.0 Å². The normalized spacial score (nSPS) is 17.8. The molecular formula is C22H27N3O3S. The molecule has 0 N–H and O–H groups in total. The molecule has 6 nitrogen and oxygen atoms in total. The molecule has 2 aromatic carbocycles. The number of hydrogen-bond acceptors (Lipinski definition) is 4. The van der Waals surface area contributed by atoms with Crippen molar-refractivity contribution >= 4 is 21.6 Å². The van der Waals surface area contributed by atoms with Crippen LogP contribution in [0.4, 0.5) is 5.69 Å². The molecule has 1 amide bonds. The van der Waals surface area contributed by atoms with Crippen LogP contribution in [0.2, 0.25) is 0 Å². The van der Waals surface area contributed by atoms with E-state index in [0.29, 0.717) is 30.9 Å². The molecule has 2 aromatic rings. The van der Waals surface area contributed by atoms with Crippen molar-refractivity contribution in [3.8, 4) is 0 Å². The number of anilines is 1. The Morgan fingerprint density at radius 1 is 0.966 bits per heavy atom. The monoisotopic (exact) mass is 413 g/mol. The number of piperazine rings is 1. The second-order valence-electron chi connectivity index (χ2n) is 7.84. The Balaban J connectivity index is 1.42. The highest BCUT2D eigenvalue weighted by Crippen LogP contribution is 2.30. The summed E-state index contributed by atoms with van der Waals surface area (Å²) < 4.78 is 25.5. The molecule has 1 fully saturated rings. The van der Waals surface area contributed by atoms with Gasteiger partial charge in [0.1, 0.15) is 0 Å². The molecule has 0 atom stereocenters. The molecule has 1 saturated heterocycles. The summed E-state index contributed by atoms with van der Waals surface area (Å²) in [4.78, 5) is 17.3. The van der Waals surface area contributed by atoms with E-state index in [-0.39, 0.29) is 5.91 Å². The average Bonchev–Trinajstić information content (AvgIpc) is 2.73. The van der Waals surface area contributed by atoms with Gasteiger partial charge in [0.2, 0.25) is 10.0 Å². The second-order valence-corrected chi connectivity index (χ2v) is 9.74. The largest absolute Gasteiger partial charge is 0.336 e. The fourth-order valence-corrected chi connectivity index (χ4v) is 5.17. The Labute approximate surface area is 172 Å². The third-order valence-electron chi connectivity index (χ3n) is 5.71. The van der Waals surface area contributed by atoms with Gasteiger partial charge in [0.15, 0.2) is 0 Å². The lowest BCUT2D eigenvalue weighted by Gasteiger charge is -2.35. The van der Waals surface area contributed by atoms with Crippen LogP contribution in [0.1, 0.15) is 27.9 Å². The van der Waals surface area contributed by atoms with Crippen molar-refractivity contribution < 1.29 is 13.2 Å². The summed E-state index contributed by atoms with van der Waals surface area (Å²) in [5, 5.41) is 0. The van der Waals surface area contributed by atoms with Crippen molar-refractivity contribution in [2.24, 2.45) is 0 Å². The smallest absolute Gasteiger partial charge is 0.253 e. The van der Waals surface area contributed by atoms with E-state index >= 15 is 0 Å². The first-order chi connectivity index (χ1) is 13.9. The molecule has 0 bridgehead atoms. The number of carbonyl (C=O) groups is 1. The van der Waals surface area contributed by atoms with Crippen LogP contribution < -0.4 is 4.31 Å². The lowest BCUT2D eigenvalue weighted by Crippen LogP contribution is -2.48. The van der Waals surface area contributed by atoms with Gasteiger partial charge in [-0.05, 0) is 42.2 Å². The van der Waals surface area contributed by atoms with Crippen LogP contribution in [0.25, 0.3) is 0 Å². The fourth-order valence-electron chi connectivity index (χ4n) is 4.17. The van der Waals surface area contributed by atoms with Crippen molar-refractivity contribution in [1.29, 1.82) is 0 Å². The molecule has 2 aliphatic heterocycles. The van der Waals surface area contributed by atoms with Crippen molar-refractivity contribution in [2.75, 3.05) is 43.3 Å². The first-order valence-electron chi connectivity index (χ1n) is 10.1. The van der Waals surface area contributed by atoms with Crippen LogP contribution in [0.15, 0.2) is 48.5 Å². The number of rotatable bonds is 4. The zero-order chi connectivity index (χ0) is 20.4. The van der Waals surface area contributed by atoms with Crippen LogP contribution in [0, 0.1) is 0 Å². The van der Waals surface area contributed by atoms with E-state index in [1.54, 1.807) is 12.1 Å². The first kappa shape index (κ1) is 19.9. The number of carbonyl (C=O) groups excluding carboxylic acids is 1. The SMILES string of the molecule is CS(=O)(=O)N1CCCc2cc(C(=O)N3CCN(Cc4ccccc4)CC3)ccc21. The van der Waals surface area contributed by atoms with Gasteiger partial charge in [0, 0.05) is 44.8 Å². The van der Waals surface area contributed by atoms with E-state index in [4.69, 9.17) is 0 Å². The maximum Gasteiger partial charge on any atom is 0.253 e. The quantitative estimate of drug-likeness (QED) is 0.772. The third-order valence-corrected chi connectivity index (χ3v) is 6.89. The second kappa shape index (κ2) is 8.16. The number of sulfonamides is 1. The van der Waals surface area contributed by atoms with E-state index in [1.807, 2.05) is 17.0 Å². The number of fused-ring (bicyclic) bond motifs is 1. The van der Waals surface area contributed by atoms with Crippen molar-refractivity contribution in [3.05, 3.63) is 65.2 Å². The van der Waals surface area contributed by atoms with Crippen molar-refractivity contribution in [2.45, 2.75) is 19.4 Å². The third kappa shape index (κ3) is 4.46. The maximum atomic E-state index is 13.0. The molecule has 29 heavy (non-hydrogen) atoms. The standard InChI is InChI=1S/C22H27N3O3S/c1-29(27,28)25-11-5-8-19-16-20(9-10-21(19)25)22(26)24-14-12-23(13-15-24)17-18-6-3-2-4-7-18/h2-4,6-7,9-10,16H,5,8,11-15,17H2,1H3. The highest BCUT2D eigenvalue weighted by Gasteiger charge is 2.27. The molecule has 4 rings (SSSR count). The number of nitrogens with zero attached hydrogens (tertiary/aromatic N) is 3. The molecule has 2 aliphatic rings. The molecule has 0 aromatic heterocycles. The lowest BCUT2D eigenvalue weighted by atomic mass is 10.00. The lowest BCUT2D eigenvalue weighted by molar-refractivity contribution is 0.0628. The van der Waals surface area contributed by atoms with E-state index < -0.39 is 10.0 Å². The Bertz CT molecular complexity index is 984. The first-order valence-corrected chi connectivity index (χ1v) is 11.9. The van der Waals surface area contributed by atoms with Gasteiger partial charge < -0.3 is 4.90 Å². The summed E-state index contributed by atoms with van der Waals surface area (Å²) >= 11 is 0. The van der Waals surface area contributed by atoms with Gasteiger partial charge in [-0.1, -0.05) is 30.3 Å². The topological polar surface area (TPSA) is 60.9 Å². The summed E-state index contributed by atoms with van der Waals surface area (Å²) in [6, 6.07) is 15.8.